The topological polar surface area (TPSA) is 68.3 Å². The van der Waals surface area contributed by atoms with Crippen LogP contribution in [-0.4, -0.2) is 73.3 Å². The molecule has 0 atom stereocenters. The lowest BCUT2D eigenvalue weighted by atomic mass is 10.3. The average Bonchev–Trinajstić information content (AvgIpc) is 2.57. The van der Waals surface area contributed by atoms with Gasteiger partial charge in [-0.2, -0.15) is 83.4 Å². The van der Waals surface area contributed by atoms with Crippen molar-refractivity contribution in [3.63, 3.8) is 0 Å². The minimum Gasteiger partial charge on any atom is -0.220 e. The molecule has 0 fully saturated rings. The first-order valence-corrected chi connectivity index (χ1v) is 11.4. The molecule has 0 spiro atoms. The Morgan fingerprint density at radius 1 is 0.472 bits per heavy atom. The first-order valence-electron chi connectivity index (χ1n) is 7.26. The highest BCUT2D eigenvalue weighted by atomic mass is 32.3. The van der Waals surface area contributed by atoms with E-state index in [1.165, 1.54) is 0 Å². The molecule has 0 aromatic heterocycles. The highest BCUT2D eigenvalue weighted by Crippen LogP contribution is 2.56. The van der Waals surface area contributed by atoms with Gasteiger partial charge < -0.3 is 0 Å². The standard InChI is InChI=1S/C10H3F19O4S3/c11-3(12,6(17,18)19)1-34-2(35(30,31)9(26,27)4(13,14)7(20,21)22)36(32,33)10(28,29)5(15,16)8(23,24)25/h2H,1H2. The van der Waals surface area contributed by atoms with Crippen molar-refractivity contribution in [1.82, 2.24) is 0 Å². The fourth-order valence-electron chi connectivity index (χ4n) is 1.53. The zero-order chi connectivity index (χ0) is 30.0. The molecule has 0 bridgehead atoms. The Hall–Kier alpha value is -1.08. The van der Waals surface area contributed by atoms with E-state index in [1.807, 2.05) is 0 Å². The second-order valence-corrected chi connectivity index (χ2v) is 12.2. The van der Waals surface area contributed by atoms with Gasteiger partial charge in [0.25, 0.3) is 0 Å². The van der Waals surface area contributed by atoms with Gasteiger partial charge in [0.2, 0.25) is 23.6 Å². The maximum Gasteiger partial charge on any atom is 0.461 e. The minimum atomic E-state index is -8.87. The summed E-state index contributed by atoms with van der Waals surface area (Å²) in [4.78, 5) is 0. The third kappa shape index (κ3) is 5.25. The van der Waals surface area contributed by atoms with Crippen LogP contribution in [0.3, 0.4) is 0 Å². The van der Waals surface area contributed by atoms with Crippen molar-refractivity contribution in [2.24, 2.45) is 0 Å². The van der Waals surface area contributed by atoms with Gasteiger partial charge in [0.05, 0.1) is 5.75 Å². The van der Waals surface area contributed by atoms with Crippen molar-refractivity contribution in [2.75, 3.05) is 5.75 Å². The maximum absolute atomic E-state index is 13.6. The Labute approximate surface area is 189 Å². The number of halogens is 19. The SMILES string of the molecule is O=S(=O)(C(SCC(F)(F)C(F)(F)F)S(=O)(=O)C(F)(F)C(F)(F)C(F)(F)F)C(F)(F)C(F)(F)C(F)(F)F. The summed E-state index contributed by atoms with van der Waals surface area (Å²) in [6.07, 6.45) is -22.6. The van der Waals surface area contributed by atoms with Crippen LogP contribution >= 0.6 is 11.8 Å². The van der Waals surface area contributed by atoms with E-state index in [2.05, 4.69) is 0 Å². The van der Waals surface area contributed by atoms with Crippen LogP contribution in [0.25, 0.3) is 0 Å². The van der Waals surface area contributed by atoms with Gasteiger partial charge in [-0.15, -0.1) is 11.8 Å². The van der Waals surface area contributed by atoms with E-state index >= 15 is 0 Å². The first-order chi connectivity index (χ1) is 15.1. The monoisotopic (exact) mass is 644 g/mol. The molecule has 0 radical (unpaired) electrons. The van der Waals surface area contributed by atoms with E-state index in [-0.39, 0.29) is 0 Å². The van der Waals surface area contributed by atoms with Gasteiger partial charge in [0.1, 0.15) is 0 Å². The summed E-state index contributed by atoms with van der Waals surface area (Å²) >= 11 is -2.73. The molecule has 0 unspecified atom stereocenters. The quantitative estimate of drug-likeness (QED) is 0.306. The Balaban J connectivity index is 7.38. The lowest BCUT2D eigenvalue weighted by Crippen LogP contribution is -2.62. The zero-order valence-electron chi connectivity index (χ0n) is 15.3. The van der Waals surface area contributed by atoms with Gasteiger partial charge in [-0.05, 0) is 0 Å². The Morgan fingerprint density at radius 3 is 0.917 bits per heavy atom. The molecule has 0 amide bonds. The van der Waals surface area contributed by atoms with Crippen LogP contribution in [0.5, 0.6) is 0 Å². The molecule has 26 heteroatoms. The summed E-state index contributed by atoms with van der Waals surface area (Å²) in [5.41, 5.74) is 0. The Morgan fingerprint density at radius 2 is 0.722 bits per heavy atom. The molecule has 0 aromatic rings. The third-order valence-electron chi connectivity index (χ3n) is 3.48. The van der Waals surface area contributed by atoms with Crippen LogP contribution in [0.4, 0.5) is 83.4 Å². The number of hydrogen-bond donors (Lipinski definition) is 0. The molecule has 0 saturated carbocycles. The van der Waals surface area contributed by atoms with Crippen molar-refractivity contribution in [2.45, 2.75) is 50.7 Å². The molecule has 218 valence electrons. The van der Waals surface area contributed by atoms with Gasteiger partial charge in [0, 0.05) is 0 Å². The summed E-state index contributed by atoms with van der Waals surface area (Å²) in [6, 6.07) is 0. The van der Waals surface area contributed by atoms with Crippen LogP contribution in [0.15, 0.2) is 0 Å². The predicted octanol–water partition coefficient (Wildman–Crippen LogP) is 5.61. The van der Waals surface area contributed by atoms with Crippen LogP contribution in [0.2, 0.25) is 0 Å². The molecular formula is C10H3F19O4S3. The molecule has 0 heterocycles. The summed E-state index contributed by atoms with van der Waals surface area (Å²) in [7, 11) is -17.7. The molecule has 0 saturated heterocycles. The van der Waals surface area contributed by atoms with Crippen molar-refractivity contribution < 1.29 is 100 Å². The lowest BCUT2D eigenvalue weighted by Gasteiger charge is -2.34. The summed E-state index contributed by atoms with van der Waals surface area (Å²) in [6.45, 7) is 0. The number of sulfone groups is 2. The molecule has 0 rings (SSSR count). The smallest absolute Gasteiger partial charge is 0.220 e. The molecule has 0 aliphatic carbocycles. The van der Waals surface area contributed by atoms with Crippen molar-refractivity contribution >= 4 is 31.4 Å². The van der Waals surface area contributed by atoms with Gasteiger partial charge in [-0.25, -0.2) is 16.8 Å². The van der Waals surface area contributed by atoms with E-state index < -0.39 is 87.9 Å². The second kappa shape index (κ2) is 9.00. The van der Waals surface area contributed by atoms with Gasteiger partial charge in [-0.3, -0.25) is 0 Å². The number of hydrogen-bond acceptors (Lipinski definition) is 5. The molecular weight excluding hydrogens is 641 g/mol. The highest BCUT2D eigenvalue weighted by molar-refractivity contribution is 8.27. The molecule has 0 aliphatic rings. The van der Waals surface area contributed by atoms with E-state index in [0.717, 1.165) is 0 Å². The van der Waals surface area contributed by atoms with Crippen LogP contribution in [0.1, 0.15) is 0 Å². The van der Waals surface area contributed by atoms with Crippen molar-refractivity contribution in [3.05, 3.63) is 0 Å². The molecule has 4 nitrogen and oxygen atoms in total. The van der Waals surface area contributed by atoms with Crippen molar-refractivity contribution in [1.29, 1.82) is 0 Å². The summed E-state index contributed by atoms with van der Waals surface area (Å²) in [5.74, 6) is -26.5. The Bertz CT molecular complexity index is 949. The normalized spacial score (nSPS) is 16.6. The van der Waals surface area contributed by atoms with E-state index in [0.29, 0.717) is 0 Å². The maximum atomic E-state index is 13.6. The van der Waals surface area contributed by atoms with Gasteiger partial charge in [-0.1, -0.05) is 0 Å². The molecule has 0 aromatic carbocycles. The van der Waals surface area contributed by atoms with E-state index in [9.17, 15) is 100 Å². The van der Waals surface area contributed by atoms with E-state index in [1.54, 1.807) is 0 Å². The predicted molar refractivity (Wildman–Crippen MR) is 77.0 cm³/mol. The minimum absolute atomic E-state index is 2.73. The number of thioether (sulfide) groups is 1. The fourth-order valence-corrected chi connectivity index (χ4v) is 8.09. The zero-order valence-corrected chi connectivity index (χ0v) is 17.8. The highest BCUT2D eigenvalue weighted by Gasteiger charge is 2.84. The number of rotatable bonds is 9. The van der Waals surface area contributed by atoms with E-state index in [4.69, 9.17) is 0 Å². The van der Waals surface area contributed by atoms with Crippen LogP contribution < -0.4 is 0 Å². The lowest BCUT2D eigenvalue weighted by molar-refractivity contribution is -0.332. The first kappa shape index (κ1) is 34.9. The van der Waals surface area contributed by atoms with Crippen LogP contribution in [-0.2, 0) is 19.7 Å². The molecule has 36 heavy (non-hydrogen) atoms. The van der Waals surface area contributed by atoms with Gasteiger partial charge in [0.15, 0.2) is 0 Å². The fraction of sp³-hybridized carbons (Fsp3) is 1.00. The van der Waals surface area contributed by atoms with Crippen LogP contribution in [0, 0.1) is 0 Å². The second-order valence-electron chi connectivity index (χ2n) is 6.07. The summed E-state index contributed by atoms with van der Waals surface area (Å²) in [5, 5.41) is -16.3. The van der Waals surface area contributed by atoms with Gasteiger partial charge >= 0.3 is 46.8 Å². The third-order valence-corrected chi connectivity index (χ3v) is 11.1. The largest absolute Gasteiger partial charge is 0.461 e. The summed E-state index contributed by atoms with van der Waals surface area (Å²) < 4.78 is 282. The average molecular weight is 644 g/mol. The molecule has 0 aliphatic heterocycles. The van der Waals surface area contributed by atoms with Crippen molar-refractivity contribution in [3.8, 4) is 0 Å². The Kier molecular flexibility index (Phi) is 8.73. The number of alkyl halides is 19. The molecule has 0 N–H and O–H groups in total.